The Morgan fingerprint density at radius 1 is 1.18 bits per heavy atom. The maximum atomic E-state index is 12.0. The summed E-state index contributed by atoms with van der Waals surface area (Å²) in [5, 5.41) is 4.13. The predicted molar refractivity (Wildman–Crippen MR) is 89.0 cm³/mol. The number of carbonyl (C=O) groups excluding carboxylic acids is 1. The first-order chi connectivity index (χ1) is 10.6. The number of allylic oxidation sites excluding steroid dienone is 2. The molecule has 0 aliphatic rings. The molecular formula is C17H18N4O. The van der Waals surface area contributed by atoms with Crippen molar-refractivity contribution in [3.05, 3.63) is 60.4 Å². The quantitative estimate of drug-likeness (QED) is 0.494. The van der Waals surface area contributed by atoms with Crippen LogP contribution in [0.5, 0.6) is 0 Å². The zero-order valence-corrected chi connectivity index (χ0v) is 12.9. The molecular weight excluding hydrogens is 276 g/mol. The van der Waals surface area contributed by atoms with Crippen molar-refractivity contribution in [2.45, 2.75) is 13.8 Å². The van der Waals surface area contributed by atoms with Crippen LogP contribution in [0.15, 0.2) is 70.4 Å². The molecule has 0 saturated carbocycles. The third kappa shape index (κ3) is 3.85. The summed E-state index contributed by atoms with van der Waals surface area (Å²) in [6.45, 7) is 3.34. The molecule has 5 nitrogen and oxygen atoms in total. The first kappa shape index (κ1) is 15.6. The van der Waals surface area contributed by atoms with Crippen LogP contribution in [0.2, 0.25) is 0 Å². The van der Waals surface area contributed by atoms with Gasteiger partial charge in [0.15, 0.2) is 5.78 Å². The number of hydrogen-bond acceptors (Lipinski definition) is 4. The summed E-state index contributed by atoms with van der Waals surface area (Å²) in [7, 11) is 1.66. The average molecular weight is 294 g/mol. The van der Waals surface area contributed by atoms with Crippen molar-refractivity contribution in [1.29, 1.82) is 0 Å². The van der Waals surface area contributed by atoms with Crippen LogP contribution >= 0.6 is 0 Å². The lowest BCUT2D eigenvalue weighted by molar-refractivity contribution is -0.113. The number of ketones is 1. The molecule has 0 radical (unpaired) electrons. The fourth-order valence-corrected chi connectivity index (χ4v) is 1.98. The topological polar surface area (TPSA) is 59.6 Å². The van der Waals surface area contributed by atoms with Gasteiger partial charge in [0.05, 0.1) is 5.69 Å². The summed E-state index contributed by atoms with van der Waals surface area (Å²) < 4.78 is 1.61. The van der Waals surface area contributed by atoms with E-state index in [0.29, 0.717) is 17.1 Å². The van der Waals surface area contributed by atoms with E-state index in [4.69, 9.17) is 0 Å². The van der Waals surface area contributed by atoms with Gasteiger partial charge < -0.3 is 0 Å². The Kier molecular flexibility index (Phi) is 5.14. The lowest BCUT2D eigenvalue weighted by atomic mass is 10.1. The van der Waals surface area contributed by atoms with Crippen LogP contribution in [0.3, 0.4) is 0 Å². The molecule has 0 aliphatic carbocycles. The van der Waals surface area contributed by atoms with Gasteiger partial charge in [-0.2, -0.15) is 5.10 Å². The molecule has 0 spiro atoms. The standard InChI is InChI=1S/C17H18N4O/c1-13(20-15-8-5-4-6-9-15)16(14(2)22)12-17(18-3)21-11-7-10-19-21/h4-12H,1-3H3/b16-12-,18-17?,20-13?. The molecule has 22 heavy (non-hydrogen) atoms. The molecule has 0 atom stereocenters. The molecule has 1 aromatic carbocycles. The number of benzene rings is 1. The van der Waals surface area contributed by atoms with E-state index in [9.17, 15) is 4.79 Å². The summed E-state index contributed by atoms with van der Waals surface area (Å²) in [5.74, 6) is 0.517. The molecule has 2 aromatic rings. The lowest BCUT2D eigenvalue weighted by Crippen LogP contribution is -2.15. The van der Waals surface area contributed by atoms with Crippen molar-refractivity contribution < 1.29 is 4.79 Å². The monoisotopic (exact) mass is 294 g/mol. The van der Waals surface area contributed by atoms with Gasteiger partial charge in [-0.15, -0.1) is 0 Å². The highest BCUT2D eigenvalue weighted by Gasteiger charge is 2.10. The normalized spacial score (nSPS) is 13.3. The average Bonchev–Trinajstić information content (AvgIpc) is 3.03. The summed E-state index contributed by atoms with van der Waals surface area (Å²) in [6.07, 6.45) is 5.15. The van der Waals surface area contributed by atoms with E-state index in [1.54, 1.807) is 36.3 Å². The van der Waals surface area contributed by atoms with E-state index in [-0.39, 0.29) is 5.78 Å². The van der Waals surface area contributed by atoms with Crippen molar-refractivity contribution in [2.75, 3.05) is 7.05 Å². The molecule has 0 bridgehead atoms. The van der Waals surface area contributed by atoms with E-state index in [0.717, 1.165) is 5.69 Å². The number of carbonyl (C=O) groups is 1. The number of aliphatic imine (C=N–C) groups is 2. The number of Topliss-reactive ketones (excluding diaryl/α,β-unsaturated/α-hetero) is 1. The Balaban J connectivity index is 2.40. The second-order valence-electron chi connectivity index (χ2n) is 4.68. The van der Waals surface area contributed by atoms with E-state index >= 15 is 0 Å². The van der Waals surface area contributed by atoms with Crippen LogP contribution in [-0.4, -0.2) is 34.2 Å². The molecule has 5 heteroatoms. The molecule has 0 aliphatic heterocycles. The van der Waals surface area contributed by atoms with Crippen molar-refractivity contribution in [1.82, 2.24) is 9.78 Å². The molecule has 112 valence electrons. The van der Waals surface area contributed by atoms with Gasteiger partial charge in [-0.05, 0) is 38.1 Å². The molecule has 0 unspecified atom stereocenters. The van der Waals surface area contributed by atoms with Crippen LogP contribution in [0.4, 0.5) is 5.69 Å². The lowest BCUT2D eigenvalue weighted by Gasteiger charge is -2.06. The Hall–Kier alpha value is -2.82. The second kappa shape index (κ2) is 7.26. The van der Waals surface area contributed by atoms with Crippen LogP contribution < -0.4 is 0 Å². The van der Waals surface area contributed by atoms with Crippen LogP contribution in [0.1, 0.15) is 13.8 Å². The Morgan fingerprint density at radius 2 is 1.91 bits per heavy atom. The first-order valence-electron chi connectivity index (χ1n) is 6.92. The summed E-state index contributed by atoms with van der Waals surface area (Å²) in [6, 6.07) is 11.3. The van der Waals surface area contributed by atoms with Gasteiger partial charge >= 0.3 is 0 Å². The number of rotatable bonds is 4. The molecule has 1 aromatic heterocycles. The van der Waals surface area contributed by atoms with Crippen LogP contribution in [0, 0.1) is 0 Å². The zero-order chi connectivity index (χ0) is 15.9. The minimum Gasteiger partial charge on any atom is -0.294 e. The van der Waals surface area contributed by atoms with E-state index in [2.05, 4.69) is 15.1 Å². The van der Waals surface area contributed by atoms with E-state index in [1.807, 2.05) is 37.3 Å². The van der Waals surface area contributed by atoms with E-state index < -0.39 is 0 Å². The van der Waals surface area contributed by atoms with E-state index in [1.165, 1.54) is 6.92 Å². The fourth-order valence-electron chi connectivity index (χ4n) is 1.98. The van der Waals surface area contributed by atoms with Gasteiger partial charge in [-0.25, -0.2) is 4.68 Å². The van der Waals surface area contributed by atoms with Crippen molar-refractivity contribution in [3.8, 4) is 0 Å². The van der Waals surface area contributed by atoms with Crippen molar-refractivity contribution in [3.63, 3.8) is 0 Å². The number of para-hydroxylation sites is 1. The molecule has 1 heterocycles. The van der Waals surface area contributed by atoms with Gasteiger partial charge in [-0.3, -0.25) is 14.8 Å². The van der Waals surface area contributed by atoms with Gasteiger partial charge in [0.1, 0.15) is 5.84 Å². The summed E-state index contributed by atoms with van der Waals surface area (Å²) >= 11 is 0. The van der Waals surface area contributed by atoms with Gasteiger partial charge in [0.25, 0.3) is 0 Å². The smallest absolute Gasteiger partial charge is 0.161 e. The summed E-state index contributed by atoms with van der Waals surface area (Å²) in [5.41, 5.74) is 1.97. The highest BCUT2D eigenvalue weighted by Crippen LogP contribution is 2.13. The fraction of sp³-hybridized carbons (Fsp3) is 0.176. The highest BCUT2D eigenvalue weighted by molar-refractivity contribution is 6.24. The van der Waals surface area contributed by atoms with Crippen LogP contribution in [-0.2, 0) is 4.79 Å². The summed E-state index contributed by atoms with van der Waals surface area (Å²) in [4.78, 5) is 20.6. The Labute approximate surface area is 129 Å². The Bertz CT molecular complexity index is 725. The maximum Gasteiger partial charge on any atom is 0.161 e. The molecule has 0 amide bonds. The van der Waals surface area contributed by atoms with Gasteiger partial charge in [0, 0.05) is 30.7 Å². The zero-order valence-electron chi connectivity index (χ0n) is 12.9. The van der Waals surface area contributed by atoms with Gasteiger partial charge in [0.2, 0.25) is 0 Å². The maximum absolute atomic E-state index is 12.0. The number of hydrogen-bond donors (Lipinski definition) is 0. The van der Waals surface area contributed by atoms with Crippen molar-refractivity contribution in [2.24, 2.45) is 9.98 Å². The highest BCUT2D eigenvalue weighted by atomic mass is 16.1. The molecule has 0 N–H and O–H groups in total. The minimum atomic E-state index is -0.0644. The second-order valence-corrected chi connectivity index (χ2v) is 4.68. The minimum absolute atomic E-state index is 0.0644. The SMILES string of the molecule is CN=C(/C=C(\C(C)=O)C(C)=Nc1ccccc1)n1cccn1. The third-order valence-corrected chi connectivity index (χ3v) is 3.06. The Morgan fingerprint density at radius 3 is 2.45 bits per heavy atom. The van der Waals surface area contributed by atoms with Crippen LogP contribution in [0.25, 0.3) is 0 Å². The third-order valence-electron chi connectivity index (χ3n) is 3.06. The van der Waals surface area contributed by atoms with Crippen molar-refractivity contribution >= 4 is 23.0 Å². The van der Waals surface area contributed by atoms with Gasteiger partial charge in [-0.1, -0.05) is 18.2 Å². The molecule has 2 rings (SSSR count). The largest absolute Gasteiger partial charge is 0.294 e. The first-order valence-corrected chi connectivity index (χ1v) is 6.92. The molecule has 0 fully saturated rings. The predicted octanol–water partition coefficient (Wildman–Crippen LogP) is 3.07. The number of nitrogens with zero attached hydrogens (tertiary/aromatic N) is 4. The number of aromatic nitrogens is 2. The molecule has 0 saturated heterocycles.